The Hall–Kier alpha value is -2.89. The molecule has 0 saturated carbocycles. The molecule has 0 unspecified atom stereocenters. The molecule has 0 saturated heterocycles. The van der Waals surface area contributed by atoms with Crippen LogP contribution in [-0.2, 0) is 11.8 Å². The SMILES string of the molecule is COc1cc2c(cc1OC)[C@@]1(COc3cc(O)cc(O)c3C1=O)C2. The van der Waals surface area contributed by atoms with Gasteiger partial charge in [0.1, 0.15) is 29.4 Å². The van der Waals surface area contributed by atoms with Crippen molar-refractivity contribution >= 4 is 5.78 Å². The highest BCUT2D eigenvalue weighted by molar-refractivity contribution is 6.11. The maximum absolute atomic E-state index is 13.1. The molecule has 4 rings (SSSR count). The molecule has 0 fully saturated rings. The number of hydrogen-bond donors (Lipinski definition) is 2. The zero-order chi connectivity index (χ0) is 17.1. The molecule has 0 aromatic heterocycles. The summed E-state index contributed by atoms with van der Waals surface area (Å²) in [6, 6.07) is 6.14. The second-order valence-corrected chi connectivity index (χ2v) is 6.08. The van der Waals surface area contributed by atoms with Crippen LogP contribution in [0.5, 0.6) is 28.7 Å². The lowest BCUT2D eigenvalue weighted by Crippen LogP contribution is -2.52. The molecule has 2 aliphatic rings. The van der Waals surface area contributed by atoms with Crippen LogP contribution in [0, 0.1) is 0 Å². The summed E-state index contributed by atoms with van der Waals surface area (Å²) >= 11 is 0. The van der Waals surface area contributed by atoms with Gasteiger partial charge in [-0.15, -0.1) is 0 Å². The van der Waals surface area contributed by atoms with E-state index in [1.807, 2.05) is 6.07 Å². The van der Waals surface area contributed by atoms with E-state index in [9.17, 15) is 15.0 Å². The summed E-state index contributed by atoms with van der Waals surface area (Å²) in [5.41, 5.74) is 1.09. The molecule has 1 aliphatic heterocycles. The standard InChI is InChI=1S/C18H16O6/c1-22-13-3-9-7-18(11(9)6-14(13)23-2)8-24-15-5-10(19)4-12(20)16(15)17(18)21/h3-6,19-20H,7-8H2,1-2H3/t18-/m0/s1. The zero-order valence-corrected chi connectivity index (χ0v) is 13.3. The second kappa shape index (κ2) is 4.80. The van der Waals surface area contributed by atoms with Crippen molar-refractivity contribution in [2.24, 2.45) is 0 Å². The highest BCUT2D eigenvalue weighted by atomic mass is 16.5. The van der Waals surface area contributed by atoms with Crippen molar-refractivity contribution in [3.63, 3.8) is 0 Å². The first-order valence-electron chi connectivity index (χ1n) is 7.49. The summed E-state index contributed by atoms with van der Waals surface area (Å²) in [6.45, 7) is 0.157. The Labute approximate surface area is 138 Å². The first-order valence-corrected chi connectivity index (χ1v) is 7.49. The van der Waals surface area contributed by atoms with E-state index in [1.165, 1.54) is 6.07 Å². The van der Waals surface area contributed by atoms with E-state index in [1.54, 1.807) is 20.3 Å². The first-order chi connectivity index (χ1) is 11.5. The average molecular weight is 328 g/mol. The fourth-order valence-corrected chi connectivity index (χ4v) is 3.59. The maximum Gasteiger partial charge on any atom is 0.184 e. The first kappa shape index (κ1) is 14.7. The summed E-state index contributed by atoms with van der Waals surface area (Å²) in [5, 5.41) is 19.6. The normalized spacial score (nSPS) is 20.7. The molecule has 6 nitrogen and oxygen atoms in total. The van der Waals surface area contributed by atoms with Gasteiger partial charge in [-0.05, 0) is 29.7 Å². The lowest BCUT2D eigenvalue weighted by Gasteiger charge is -2.45. The molecule has 0 amide bonds. The molecule has 2 aromatic carbocycles. The predicted octanol–water partition coefficient (Wildman–Crippen LogP) is 2.18. The van der Waals surface area contributed by atoms with Crippen LogP contribution in [-0.4, -0.2) is 36.8 Å². The smallest absolute Gasteiger partial charge is 0.184 e. The van der Waals surface area contributed by atoms with E-state index >= 15 is 0 Å². The quantitative estimate of drug-likeness (QED) is 0.879. The van der Waals surface area contributed by atoms with Crippen LogP contribution in [0.3, 0.4) is 0 Å². The Morgan fingerprint density at radius 3 is 2.50 bits per heavy atom. The van der Waals surface area contributed by atoms with Gasteiger partial charge in [-0.2, -0.15) is 0 Å². The van der Waals surface area contributed by atoms with E-state index in [-0.39, 0.29) is 35.2 Å². The van der Waals surface area contributed by atoms with Crippen LogP contribution >= 0.6 is 0 Å². The minimum Gasteiger partial charge on any atom is -0.508 e. The molecule has 1 spiro atoms. The number of phenols is 2. The Kier molecular flexibility index (Phi) is 2.94. The molecule has 0 bridgehead atoms. The van der Waals surface area contributed by atoms with Crippen LogP contribution in [0.4, 0.5) is 0 Å². The summed E-state index contributed by atoms with van der Waals surface area (Å²) in [4.78, 5) is 13.1. The zero-order valence-electron chi connectivity index (χ0n) is 13.3. The maximum atomic E-state index is 13.1. The summed E-state index contributed by atoms with van der Waals surface area (Å²) < 4.78 is 16.3. The Morgan fingerprint density at radius 1 is 1.08 bits per heavy atom. The van der Waals surface area contributed by atoms with Gasteiger partial charge in [0.05, 0.1) is 19.6 Å². The number of ether oxygens (including phenoxy) is 3. The van der Waals surface area contributed by atoms with Gasteiger partial charge in [0.25, 0.3) is 0 Å². The number of carbonyl (C=O) groups excluding carboxylic acids is 1. The van der Waals surface area contributed by atoms with Gasteiger partial charge in [0.2, 0.25) is 0 Å². The Balaban J connectivity index is 1.83. The van der Waals surface area contributed by atoms with Crippen LogP contribution in [0.25, 0.3) is 0 Å². The highest BCUT2D eigenvalue weighted by Crippen LogP contribution is 2.52. The van der Waals surface area contributed by atoms with Crippen LogP contribution in [0.2, 0.25) is 0 Å². The van der Waals surface area contributed by atoms with Crippen molar-refractivity contribution in [2.75, 3.05) is 20.8 Å². The van der Waals surface area contributed by atoms with Crippen molar-refractivity contribution < 1.29 is 29.2 Å². The average Bonchev–Trinajstić information content (AvgIpc) is 2.54. The third-order valence-corrected chi connectivity index (χ3v) is 4.82. The summed E-state index contributed by atoms with van der Waals surface area (Å²) in [5.74, 6) is 0.740. The van der Waals surface area contributed by atoms with Crippen molar-refractivity contribution in [1.29, 1.82) is 0 Å². The van der Waals surface area contributed by atoms with E-state index in [0.717, 1.165) is 17.2 Å². The highest BCUT2D eigenvalue weighted by Gasteiger charge is 2.54. The number of fused-ring (bicyclic) bond motifs is 3. The third kappa shape index (κ3) is 1.73. The number of Topliss-reactive ketones (excluding diaryl/α,β-unsaturated/α-hetero) is 1. The number of methoxy groups -OCH3 is 2. The summed E-state index contributed by atoms with van der Waals surface area (Å²) in [6.07, 6.45) is 0.501. The molecule has 124 valence electrons. The van der Waals surface area contributed by atoms with Crippen molar-refractivity contribution in [2.45, 2.75) is 11.8 Å². The second-order valence-electron chi connectivity index (χ2n) is 6.08. The fourth-order valence-electron chi connectivity index (χ4n) is 3.59. The van der Waals surface area contributed by atoms with Gasteiger partial charge < -0.3 is 24.4 Å². The molecule has 6 heteroatoms. The lowest BCUT2D eigenvalue weighted by atomic mass is 9.60. The fraction of sp³-hybridized carbons (Fsp3) is 0.278. The van der Waals surface area contributed by atoms with E-state index in [2.05, 4.69) is 0 Å². The van der Waals surface area contributed by atoms with E-state index in [0.29, 0.717) is 17.9 Å². The van der Waals surface area contributed by atoms with Crippen molar-refractivity contribution in [3.05, 3.63) is 41.0 Å². The molecule has 1 aliphatic carbocycles. The number of carbonyl (C=O) groups is 1. The largest absolute Gasteiger partial charge is 0.508 e. The van der Waals surface area contributed by atoms with Gasteiger partial charge in [-0.1, -0.05) is 0 Å². The van der Waals surface area contributed by atoms with Gasteiger partial charge in [-0.3, -0.25) is 4.79 Å². The number of phenolic OH excluding ortho intramolecular Hbond substituents is 2. The van der Waals surface area contributed by atoms with E-state index in [4.69, 9.17) is 14.2 Å². The molecule has 2 N–H and O–H groups in total. The van der Waals surface area contributed by atoms with Crippen LogP contribution < -0.4 is 14.2 Å². The Morgan fingerprint density at radius 2 is 1.79 bits per heavy atom. The summed E-state index contributed by atoms with van der Waals surface area (Å²) in [7, 11) is 3.10. The van der Waals surface area contributed by atoms with E-state index < -0.39 is 5.41 Å². The molecule has 24 heavy (non-hydrogen) atoms. The van der Waals surface area contributed by atoms with Crippen LogP contribution in [0.15, 0.2) is 24.3 Å². The predicted molar refractivity (Wildman–Crippen MR) is 84.5 cm³/mol. The lowest BCUT2D eigenvalue weighted by molar-refractivity contribution is 0.0723. The number of benzene rings is 2. The molecular formula is C18H16O6. The van der Waals surface area contributed by atoms with Gasteiger partial charge in [0, 0.05) is 12.1 Å². The minimum absolute atomic E-state index is 0.111. The number of rotatable bonds is 2. The van der Waals surface area contributed by atoms with Gasteiger partial charge in [0.15, 0.2) is 17.3 Å². The number of aromatic hydroxyl groups is 2. The third-order valence-electron chi connectivity index (χ3n) is 4.82. The molecular weight excluding hydrogens is 312 g/mol. The molecule has 1 heterocycles. The van der Waals surface area contributed by atoms with Gasteiger partial charge >= 0.3 is 0 Å². The molecule has 1 atom stereocenters. The van der Waals surface area contributed by atoms with Crippen molar-refractivity contribution in [1.82, 2.24) is 0 Å². The number of ketones is 1. The Bertz CT molecular complexity index is 872. The van der Waals surface area contributed by atoms with Gasteiger partial charge in [-0.25, -0.2) is 0 Å². The van der Waals surface area contributed by atoms with Crippen molar-refractivity contribution in [3.8, 4) is 28.7 Å². The topological polar surface area (TPSA) is 85.2 Å². The minimum atomic E-state index is -0.837. The molecule has 0 radical (unpaired) electrons. The van der Waals surface area contributed by atoms with Crippen LogP contribution in [0.1, 0.15) is 21.5 Å². The molecule has 2 aromatic rings. The number of hydrogen-bond acceptors (Lipinski definition) is 6. The monoisotopic (exact) mass is 328 g/mol.